The molecule has 0 aromatic heterocycles. The zero-order valence-corrected chi connectivity index (χ0v) is 14.1. The smallest absolute Gasteiger partial charge is 0.0309 e. The Balaban J connectivity index is 2.00. The number of thioether (sulfide) groups is 1. The third-order valence-corrected chi connectivity index (χ3v) is 5.78. The Morgan fingerprint density at radius 2 is 1.95 bits per heavy atom. The number of rotatable bonds is 4. The van der Waals surface area contributed by atoms with Gasteiger partial charge in [0.2, 0.25) is 0 Å². The summed E-state index contributed by atoms with van der Waals surface area (Å²) in [5.41, 5.74) is 0.836. The summed E-state index contributed by atoms with van der Waals surface area (Å²) in [6, 6.07) is 0.691. The molecule has 1 saturated heterocycles. The highest BCUT2D eigenvalue weighted by molar-refractivity contribution is 7.99. The molecule has 0 aromatic rings. The van der Waals surface area contributed by atoms with Crippen molar-refractivity contribution in [3.63, 3.8) is 0 Å². The maximum absolute atomic E-state index is 3.92. The van der Waals surface area contributed by atoms with E-state index >= 15 is 0 Å². The average molecular weight is 285 g/mol. The van der Waals surface area contributed by atoms with Crippen LogP contribution in [0.15, 0.2) is 0 Å². The Hall–Kier alpha value is 0.270. The van der Waals surface area contributed by atoms with Crippen molar-refractivity contribution in [2.24, 2.45) is 5.41 Å². The van der Waals surface area contributed by atoms with Crippen LogP contribution in [0.5, 0.6) is 0 Å². The highest BCUT2D eigenvalue weighted by atomic mass is 32.2. The molecule has 3 heteroatoms. The molecule has 1 heterocycles. The van der Waals surface area contributed by atoms with Crippen molar-refractivity contribution in [2.45, 2.75) is 65.0 Å². The fourth-order valence-electron chi connectivity index (χ4n) is 3.80. The zero-order valence-electron chi connectivity index (χ0n) is 13.3. The van der Waals surface area contributed by atoms with E-state index in [4.69, 9.17) is 0 Å². The summed E-state index contributed by atoms with van der Waals surface area (Å²) in [4.78, 5) is 2.80. The van der Waals surface area contributed by atoms with E-state index in [1.165, 1.54) is 56.8 Å². The number of piperazine rings is 1. The van der Waals surface area contributed by atoms with E-state index in [-0.39, 0.29) is 0 Å². The standard InChI is InChI=1S/C16H32N2S/c1-5-19-11-10-18-13-16(8-6-7-9-16)17-12-14(18)15(2,3)4/h14,17H,5-13H2,1-4H3. The molecule has 2 rings (SSSR count). The van der Waals surface area contributed by atoms with Crippen LogP contribution in [0, 0.1) is 5.41 Å². The molecule has 1 saturated carbocycles. The van der Waals surface area contributed by atoms with Gasteiger partial charge in [-0.05, 0) is 24.0 Å². The van der Waals surface area contributed by atoms with Gasteiger partial charge in [0.1, 0.15) is 0 Å². The molecule has 112 valence electrons. The second-order valence-corrected chi connectivity index (χ2v) is 8.81. The van der Waals surface area contributed by atoms with Crippen LogP contribution in [0.2, 0.25) is 0 Å². The minimum atomic E-state index is 0.379. The normalized spacial score (nSPS) is 28.1. The highest BCUT2D eigenvalue weighted by Gasteiger charge is 2.43. The van der Waals surface area contributed by atoms with Gasteiger partial charge in [0, 0.05) is 37.0 Å². The Morgan fingerprint density at radius 1 is 1.26 bits per heavy atom. The maximum Gasteiger partial charge on any atom is 0.0309 e. The summed E-state index contributed by atoms with van der Waals surface area (Å²) in [6.45, 7) is 13.2. The van der Waals surface area contributed by atoms with Crippen molar-refractivity contribution >= 4 is 11.8 Å². The molecule has 2 fully saturated rings. The van der Waals surface area contributed by atoms with Crippen LogP contribution in [-0.4, -0.2) is 47.6 Å². The largest absolute Gasteiger partial charge is 0.308 e. The fraction of sp³-hybridized carbons (Fsp3) is 1.00. The van der Waals surface area contributed by atoms with Crippen LogP contribution in [0.4, 0.5) is 0 Å². The van der Waals surface area contributed by atoms with Gasteiger partial charge in [-0.25, -0.2) is 0 Å². The molecule has 0 amide bonds. The lowest BCUT2D eigenvalue weighted by molar-refractivity contribution is 0.0287. The summed E-state index contributed by atoms with van der Waals surface area (Å²) in [5.74, 6) is 2.54. The molecule has 2 aliphatic rings. The van der Waals surface area contributed by atoms with E-state index in [1.807, 2.05) is 0 Å². The monoisotopic (exact) mass is 284 g/mol. The molecule has 1 atom stereocenters. The first-order chi connectivity index (χ1) is 8.97. The van der Waals surface area contributed by atoms with Gasteiger partial charge in [-0.1, -0.05) is 40.5 Å². The first-order valence-corrected chi connectivity index (χ1v) is 9.19. The van der Waals surface area contributed by atoms with Gasteiger partial charge in [0.25, 0.3) is 0 Å². The molecule has 19 heavy (non-hydrogen) atoms. The van der Waals surface area contributed by atoms with Crippen LogP contribution in [0.1, 0.15) is 53.4 Å². The van der Waals surface area contributed by atoms with Gasteiger partial charge in [0.05, 0.1) is 0 Å². The summed E-state index contributed by atoms with van der Waals surface area (Å²) in [6.07, 6.45) is 5.62. The van der Waals surface area contributed by atoms with Gasteiger partial charge in [0.15, 0.2) is 0 Å². The quantitative estimate of drug-likeness (QED) is 0.797. The van der Waals surface area contributed by atoms with E-state index in [0.29, 0.717) is 17.0 Å². The summed E-state index contributed by atoms with van der Waals surface area (Å²) in [7, 11) is 0. The predicted octanol–water partition coefficient (Wildman–Crippen LogP) is 3.37. The Morgan fingerprint density at radius 3 is 2.53 bits per heavy atom. The molecular formula is C16H32N2S. The first-order valence-electron chi connectivity index (χ1n) is 8.04. The van der Waals surface area contributed by atoms with Crippen molar-refractivity contribution in [3.8, 4) is 0 Å². The number of nitrogens with one attached hydrogen (secondary N) is 1. The molecular weight excluding hydrogens is 252 g/mol. The van der Waals surface area contributed by atoms with Crippen LogP contribution >= 0.6 is 11.8 Å². The molecule has 1 N–H and O–H groups in total. The lowest BCUT2D eigenvalue weighted by Crippen LogP contribution is -2.66. The summed E-state index contributed by atoms with van der Waals surface area (Å²) >= 11 is 2.08. The lowest BCUT2D eigenvalue weighted by Gasteiger charge is -2.50. The predicted molar refractivity (Wildman–Crippen MR) is 87.0 cm³/mol. The second-order valence-electron chi connectivity index (χ2n) is 7.42. The minimum absolute atomic E-state index is 0.379. The molecule has 1 spiro atoms. The third kappa shape index (κ3) is 3.89. The van der Waals surface area contributed by atoms with E-state index in [9.17, 15) is 0 Å². The Labute approximate surface area is 124 Å². The van der Waals surface area contributed by atoms with E-state index in [0.717, 1.165) is 0 Å². The molecule has 1 unspecified atom stereocenters. The van der Waals surface area contributed by atoms with Crippen molar-refractivity contribution < 1.29 is 0 Å². The fourth-order valence-corrected chi connectivity index (χ4v) is 4.45. The van der Waals surface area contributed by atoms with Crippen molar-refractivity contribution in [1.82, 2.24) is 10.2 Å². The maximum atomic E-state index is 3.92. The summed E-state index contributed by atoms with van der Waals surface area (Å²) < 4.78 is 0. The zero-order chi connectivity index (χ0) is 13.9. The SMILES string of the molecule is CCSCCN1CC2(CCCC2)NCC1C(C)(C)C. The van der Waals surface area contributed by atoms with Crippen LogP contribution in [0.25, 0.3) is 0 Å². The Bertz CT molecular complexity index is 279. The van der Waals surface area contributed by atoms with E-state index < -0.39 is 0 Å². The van der Waals surface area contributed by atoms with Crippen LogP contribution in [-0.2, 0) is 0 Å². The van der Waals surface area contributed by atoms with Crippen molar-refractivity contribution in [1.29, 1.82) is 0 Å². The number of hydrogen-bond donors (Lipinski definition) is 1. The third-order valence-electron chi connectivity index (χ3n) is 4.90. The van der Waals surface area contributed by atoms with Gasteiger partial charge < -0.3 is 5.32 Å². The second kappa shape index (κ2) is 6.36. The number of hydrogen-bond acceptors (Lipinski definition) is 3. The van der Waals surface area contributed by atoms with Crippen molar-refractivity contribution in [2.75, 3.05) is 31.1 Å². The number of nitrogens with zero attached hydrogens (tertiary/aromatic N) is 1. The Kier molecular flexibility index (Phi) is 5.24. The van der Waals surface area contributed by atoms with Gasteiger partial charge >= 0.3 is 0 Å². The molecule has 1 aliphatic carbocycles. The van der Waals surface area contributed by atoms with E-state index in [1.54, 1.807) is 0 Å². The molecule has 2 nitrogen and oxygen atoms in total. The first kappa shape index (κ1) is 15.7. The van der Waals surface area contributed by atoms with Crippen LogP contribution < -0.4 is 5.32 Å². The van der Waals surface area contributed by atoms with E-state index in [2.05, 4.69) is 49.7 Å². The average Bonchev–Trinajstić information content (AvgIpc) is 2.76. The highest BCUT2D eigenvalue weighted by Crippen LogP contribution is 2.36. The minimum Gasteiger partial charge on any atom is -0.308 e. The molecule has 0 aromatic carbocycles. The molecule has 0 bridgehead atoms. The van der Waals surface area contributed by atoms with Gasteiger partial charge in [-0.15, -0.1) is 0 Å². The molecule has 0 radical (unpaired) electrons. The van der Waals surface area contributed by atoms with Gasteiger partial charge in [-0.3, -0.25) is 4.90 Å². The van der Waals surface area contributed by atoms with Gasteiger partial charge in [-0.2, -0.15) is 11.8 Å². The lowest BCUT2D eigenvalue weighted by atomic mass is 9.81. The summed E-state index contributed by atoms with van der Waals surface area (Å²) in [5, 5.41) is 3.92. The topological polar surface area (TPSA) is 15.3 Å². The molecule has 1 aliphatic heterocycles. The van der Waals surface area contributed by atoms with Crippen LogP contribution in [0.3, 0.4) is 0 Å². The van der Waals surface area contributed by atoms with Crippen molar-refractivity contribution in [3.05, 3.63) is 0 Å².